The number of carboxylic acids is 1. The molecule has 5 heterocycles. The van der Waals surface area contributed by atoms with Crippen LogP contribution in [0.2, 0.25) is 0 Å². The third kappa shape index (κ3) is 13.1. The third-order valence-electron chi connectivity index (χ3n) is 14.0. The summed E-state index contributed by atoms with van der Waals surface area (Å²) in [6, 6.07) is 9.30. The van der Waals surface area contributed by atoms with Gasteiger partial charge in [0.15, 0.2) is 35.3 Å². The van der Waals surface area contributed by atoms with E-state index in [1.54, 1.807) is 37.1 Å². The Bertz CT molecular complexity index is 2910. The van der Waals surface area contributed by atoms with Crippen LogP contribution >= 0.6 is 0 Å². The molecule has 3 aromatic carbocycles. The smallest absolute Gasteiger partial charge is 0.416 e. The zero-order valence-electron chi connectivity index (χ0n) is 45.3. The largest absolute Gasteiger partial charge is 0.493 e. The van der Waals surface area contributed by atoms with Crippen molar-refractivity contribution in [1.82, 2.24) is 15.1 Å². The molecule has 8 rings (SSSR count). The quantitative estimate of drug-likeness (QED) is 0.0370. The Balaban J connectivity index is 0.950. The SMILES string of the molecule is C=C1C[C@H]2C=Nc3cc(OCCCCCOc4cc5c(cc4OC)C(=O)N4CC(=C)C[C@H]4C(O)N5C(=O)OCc4ccc(O[C@@H]5O[C@H](C(=O)O)[C@@H](C)[C@H](O)[C@H]5O)c(C(=O)NCCOCCON=C(C)C)c4)c(OC)cc3C(=O)N2C1. The van der Waals surface area contributed by atoms with Crippen molar-refractivity contribution in [2.24, 2.45) is 16.1 Å². The van der Waals surface area contributed by atoms with Crippen molar-refractivity contribution in [2.45, 2.75) is 102 Å². The van der Waals surface area contributed by atoms with E-state index in [9.17, 15) is 44.4 Å². The summed E-state index contributed by atoms with van der Waals surface area (Å²) in [5.41, 5.74) is 3.37. The summed E-state index contributed by atoms with van der Waals surface area (Å²) in [6.45, 7) is 14.1. The number of carbonyl (C=O) groups excluding carboxylic acids is 4. The average Bonchev–Trinajstić information content (AvgIpc) is 3.98. The van der Waals surface area contributed by atoms with Gasteiger partial charge in [-0.2, -0.15) is 0 Å². The lowest BCUT2D eigenvalue weighted by atomic mass is 9.91. The highest BCUT2D eigenvalue weighted by molar-refractivity contribution is 6.06. The van der Waals surface area contributed by atoms with Crippen molar-refractivity contribution >= 4 is 53.1 Å². The molecule has 24 nitrogen and oxygen atoms in total. The van der Waals surface area contributed by atoms with Crippen LogP contribution < -0.4 is 33.9 Å². The summed E-state index contributed by atoms with van der Waals surface area (Å²) < 4.78 is 46.4. The first kappa shape index (κ1) is 58.4. The Kier molecular flexibility index (Phi) is 19.0. The minimum absolute atomic E-state index is 0.0139. The molecule has 3 aromatic rings. The van der Waals surface area contributed by atoms with Gasteiger partial charge < -0.3 is 78.3 Å². The van der Waals surface area contributed by atoms with Crippen LogP contribution in [-0.4, -0.2) is 182 Å². The van der Waals surface area contributed by atoms with Gasteiger partial charge in [0.1, 0.15) is 25.1 Å². The van der Waals surface area contributed by atoms with Gasteiger partial charge >= 0.3 is 12.1 Å². The molecular formula is C56H68N6O18. The maximum Gasteiger partial charge on any atom is 0.416 e. The fourth-order valence-corrected chi connectivity index (χ4v) is 9.91. The number of amides is 4. The first-order valence-electron chi connectivity index (χ1n) is 26.2. The number of aliphatic hydroxyl groups is 3. The van der Waals surface area contributed by atoms with Gasteiger partial charge in [-0.25, -0.2) is 14.5 Å². The van der Waals surface area contributed by atoms with Crippen molar-refractivity contribution in [2.75, 3.05) is 71.8 Å². The molecule has 80 heavy (non-hydrogen) atoms. The first-order valence-corrected chi connectivity index (χ1v) is 26.2. The third-order valence-corrected chi connectivity index (χ3v) is 14.0. The summed E-state index contributed by atoms with van der Waals surface area (Å²) in [6.07, 6.45) is -4.77. The zero-order chi connectivity index (χ0) is 57.4. The lowest BCUT2D eigenvalue weighted by Gasteiger charge is -2.39. The average molecular weight is 1110 g/mol. The summed E-state index contributed by atoms with van der Waals surface area (Å²) in [5, 5.41) is 49.9. The summed E-state index contributed by atoms with van der Waals surface area (Å²) >= 11 is 0. The molecule has 0 aliphatic carbocycles. The zero-order valence-corrected chi connectivity index (χ0v) is 45.3. The number of methoxy groups -OCH3 is 2. The van der Waals surface area contributed by atoms with Crippen LogP contribution in [0.3, 0.4) is 0 Å². The van der Waals surface area contributed by atoms with Gasteiger partial charge in [-0.15, -0.1) is 0 Å². The molecule has 3 saturated heterocycles. The number of fused-ring (bicyclic) bond motifs is 4. The van der Waals surface area contributed by atoms with E-state index in [-0.39, 0.29) is 97.5 Å². The summed E-state index contributed by atoms with van der Waals surface area (Å²) in [4.78, 5) is 81.8. The molecule has 0 aromatic heterocycles. The lowest BCUT2D eigenvalue weighted by Crippen LogP contribution is -2.57. The lowest BCUT2D eigenvalue weighted by molar-refractivity contribution is -0.256. The highest BCUT2D eigenvalue weighted by atomic mass is 16.7. The number of oxime groups is 1. The molecule has 0 spiro atoms. The number of unbranched alkanes of at least 4 members (excludes halogenated alkanes) is 2. The van der Waals surface area contributed by atoms with E-state index in [4.69, 9.17) is 42.7 Å². The van der Waals surface area contributed by atoms with Crippen molar-refractivity contribution < 1.29 is 87.1 Å². The highest BCUT2D eigenvalue weighted by Gasteiger charge is 2.48. The van der Waals surface area contributed by atoms with E-state index < -0.39 is 73.3 Å². The van der Waals surface area contributed by atoms with Crippen LogP contribution in [0, 0.1) is 5.92 Å². The molecule has 5 aliphatic heterocycles. The van der Waals surface area contributed by atoms with Crippen LogP contribution in [0.5, 0.6) is 28.7 Å². The van der Waals surface area contributed by atoms with Gasteiger partial charge in [0.25, 0.3) is 17.7 Å². The standard InChI is InChI=1S/C56H68N6O18/c1-30(2)59-78-18-17-74-16-13-57-50(65)38-21-34(11-12-42(38)79-55-48(64)47(63)33(5)49(80-55)54(69)70)29-77-56(71)62-40-25-46(44(73-7)23-37(40)52(67)61-28-32(4)20-41(61)53(62)68)76-15-10-8-9-14-75-45-24-39-36(22-43(45)72-6)51(66)60-27-31(3)19-35(60)26-58-39/h11-12,21-26,33,35,41,47-49,53,55,63-64,68H,3-4,8-10,13-20,27-29H2,1-2,5-7H3,(H,57,65)(H,69,70)/t33-,35-,41-,47-,48+,49-,53?,55+/m0/s1. The normalized spacial score (nSPS) is 23.0. The number of carboxylic acid groups (broad SMARTS) is 1. The van der Waals surface area contributed by atoms with E-state index in [2.05, 4.69) is 28.6 Å². The summed E-state index contributed by atoms with van der Waals surface area (Å²) in [7, 11) is 2.92. The Hall–Kier alpha value is -7.77. The number of aliphatic carboxylic acids is 1. The Morgan fingerprint density at radius 1 is 0.800 bits per heavy atom. The Morgan fingerprint density at radius 3 is 2.17 bits per heavy atom. The number of nitrogens with one attached hydrogen (secondary N) is 1. The van der Waals surface area contributed by atoms with Crippen LogP contribution in [0.25, 0.3) is 0 Å². The fourth-order valence-electron chi connectivity index (χ4n) is 9.91. The molecular weight excluding hydrogens is 1040 g/mol. The fraction of sp³-hybridized carbons (Fsp3) is 0.482. The van der Waals surface area contributed by atoms with E-state index >= 15 is 0 Å². The van der Waals surface area contributed by atoms with Gasteiger partial charge in [-0.1, -0.05) is 42.4 Å². The molecule has 8 atom stereocenters. The molecule has 5 aliphatic rings. The van der Waals surface area contributed by atoms with Crippen LogP contribution in [0.15, 0.2) is 76.9 Å². The van der Waals surface area contributed by atoms with Gasteiger partial charge in [0.2, 0.25) is 6.29 Å². The molecule has 24 heteroatoms. The van der Waals surface area contributed by atoms with Crippen molar-refractivity contribution in [3.8, 4) is 28.7 Å². The Labute approximate surface area is 462 Å². The molecule has 5 N–H and O–H groups in total. The predicted octanol–water partition coefficient (Wildman–Crippen LogP) is 4.77. The first-order chi connectivity index (χ1) is 38.4. The molecule has 430 valence electrons. The number of carbonyl (C=O) groups is 5. The van der Waals surface area contributed by atoms with Crippen LogP contribution in [0.4, 0.5) is 16.2 Å². The van der Waals surface area contributed by atoms with E-state index in [0.29, 0.717) is 67.2 Å². The van der Waals surface area contributed by atoms with Gasteiger partial charge in [-0.05, 0) is 75.8 Å². The second-order valence-corrected chi connectivity index (χ2v) is 20.1. The number of ether oxygens (including phenoxy) is 8. The van der Waals surface area contributed by atoms with Gasteiger partial charge in [0, 0.05) is 43.9 Å². The number of aliphatic imine (C=N–C) groups is 1. The molecule has 3 fully saturated rings. The molecule has 0 saturated carbocycles. The molecule has 4 amide bonds. The van der Waals surface area contributed by atoms with Crippen molar-refractivity contribution in [1.29, 1.82) is 0 Å². The molecule has 0 radical (unpaired) electrons. The minimum atomic E-state index is -1.71. The minimum Gasteiger partial charge on any atom is -0.493 e. The number of nitrogens with zero attached hydrogens (tertiary/aromatic N) is 5. The van der Waals surface area contributed by atoms with Crippen LogP contribution in [-0.2, 0) is 30.4 Å². The van der Waals surface area contributed by atoms with Gasteiger partial charge in [0.05, 0.1) is 92.6 Å². The summed E-state index contributed by atoms with van der Waals surface area (Å²) in [5.74, 6) is -2.70. The van der Waals surface area contributed by atoms with Gasteiger partial charge in [-0.3, -0.25) is 19.4 Å². The predicted molar refractivity (Wildman–Crippen MR) is 287 cm³/mol. The Morgan fingerprint density at radius 2 is 1.48 bits per heavy atom. The van der Waals surface area contributed by atoms with Crippen molar-refractivity contribution in [3.63, 3.8) is 0 Å². The maximum atomic E-state index is 14.4. The number of anilines is 1. The van der Waals surface area contributed by atoms with E-state index in [1.807, 2.05) is 0 Å². The number of aliphatic hydroxyl groups excluding tert-OH is 3. The number of benzene rings is 3. The number of rotatable bonds is 23. The molecule has 1 unspecified atom stereocenters. The van der Waals surface area contributed by atoms with E-state index in [1.165, 1.54) is 56.4 Å². The second-order valence-electron chi connectivity index (χ2n) is 20.1. The number of hydrogen-bond donors (Lipinski definition) is 5. The number of hydrogen-bond acceptors (Lipinski definition) is 19. The van der Waals surface area contributed by atoms with Crippen molar-refractivity contribution in [3.05, 3.63) is 89.0 Å². The molecule has 0 bridgehead atoms. The highest BCUT2D eigenvalue weighted by Crippen LogP contribution is 2.43. The van der Waals surface area contributed by atoms with Crippen LogP contribution in [0.1, 0.15) is 89.5 Å². The maximum absolute atomic E-state index is 14.4. The monoisotopic (exact) mass is 1110 g/mol. The topological polar surface area (TPSA) is 296 Å². The van der Waals surface area contributed by atoms with E-state index in [0.717, 1.165) is 16.2 Å². The second kappa shape index (κ2) is 26.0.